The van der Waals surface area contributed by atoms with Crippen LogP contribution in [0.15, 0.2) is 59.7 Å². The Balaban J connectivity index is 1.83. The fourth-order valence-corrected chi connectivity index (χ4v) is 2.60. The van der Waals surface area contributed by atoms with Gasteiger partial charge in [0.2, 0.25) is 0 Å². The summed E-state index contributed by atoms with van der Waals surface area (Å²) in [6.07, 6.45) is 0.500. The first-order valence-electron chi connectivity index (χ1n) is 7.33. The maximum atomic E-state index is 12.6. The predicted octanol–water partition coefficient (Wildman–Crippen LogP) is 2.61. The van der Waals surface area contributed by atoms with Crippen molar-refractivity contribution >= 4 is 17.5 Å². The third-order valence-corrected chi connectivity index (χ3v) is 3.88. The van der Waals surface area contributed by atoms with Crippen molar-refractivity contribution in [2.75, 3.05) is 0 Å². The molecule has 1 atom stereocenters. The lowest BCUT2D eigenvalue weighted by molar-refractivity contribution is -0.129. The van der Waals surface area contributed by atoms with Gasteiger partial charge in [0.25, 0.3) is 11.8 Å². The number of hydrazone groups is 1. The van der Waals surface area contributed by atoms with Crippen LogP contribution in [0.3, 0.4) is 0 Å². The largest absolute Gasteiger partial charge is 0.507 e. The molecule has 2 aromatic rings. The number of amides is 2. The number of nitrogens with zero attached hydrogens (tertiary/aromatic N) is 2. The number of imide groups is 1. The van der Waals surface area contributed by atoms with Crippen molar-refractivity contribution in [2.24, 2.45) is 11.0 Å². The Bertz CT molecular complexity index is 784. The standard InChI is InChI=1S/C18H16N2O3/c1-12-15(11-13-7-3-2-4-8-13)18(23)20(19-12)17(22)14-9-5-6-10-16(14)21/h2-10,15,21H,11H2,1H3. The number of hydrogen-bond donors (Lipinski definition) is 1. The van der Waals surface area contributed by atoms with Gasteiger partial charge in [-0.05, 0) is 31.0 Å². The summed E-state index contributed by atoms with van der Waals surface area (Å²) in [7, 11) is 0. The van der Waals surface area contributed by atoms with Gasteiger partial charge < -0.3 is 5.11 Å². The normalized spacial score (nSPS) is 17.3. The highest BCUT2D eigenvalue weighted by Gasteiger charge is 2.38. The highest BCUT2D eigenvalue weighted by molar-refractivity contribution is 6.16. The van der Waals surface area contributed by atoms with Crippen LogP contribution in [0.4, 0.5) is 0 Å². The van der Waals surface area contributed by atoms with Gasteiger partial charge in [-0.3, -0.25) is 9.59 Å². The van der Waals surface area contributed by atoms with Gasteiger partial charge in [0, 0.05) is 5.71 Å². The highest BCUT2D eigenvalue weighted by atomic mass is 16.3. The molecule has 1 N–H and O–H groups in total. The minimum atomic E-state index is -0.608. The summed E-state index contributed by atoms with van der Waals surface area (Å²) in [6.45, 7) is 1.74. The van der Waals surface area contributed by atoms with Crippen molar-refractivity contribution in [3.05, 3.63) is 65.7 Å². The van der Waals surface area contributed by atoms with Gasteiger partial charge in [-0.1, -0.05) is 42.5 Å². The summed E-state index contributed by atoms with van der Waals surface area (Å²) >= 11 is 0. The van der Waals surface area contributed by atoms with Crippen molar-refractivity contribution in [3.63, 3.8) is 0 Å². The van der Waals surface area contributed by atoms with Crippen molar-refractivity contribution in [2.45, 2.75) is 13.3 Å². The smallest absolute Gasteiger partial charge is 0.284 e. The van der Waals surface area contributed by atoms with Crippen LogP contribution in [0.5, 0.6) is 5.75 Å². The van der Waals surface area contributed by atoms with E-state index < -0.39 is 11.8 Å². The number of carbonyl (C=O) groups excluding carboxylic acids is 2. The molecule has 0 fully saturated rings. The summed E-state index contributed by atoms with van der Waals surface area (Å²) in [5, 5.41) is 14.8. The third-order valence-electron chi connectivity index (χ3n) is 3.88. The fourth-order valence-electron chi connectivity index (χ4n) is 2.60. The van der Waals surface area contributed by atoms with E-state index in [-0.39, 0.29) is 17.2 Å². The summed E-state index contributed by atoms with van der Waals surface area (Å²) in [5.41, 5.74) is 1.68. The topological polar surface area (TPSA) is 70.0 Å². The molecule has 0 aliphatic carbocycles. The van der Waals surface area contributed by atoms with E-state index in [1.807, 2.05) is 30.3 Å². The Morgan fingerprint density at radius 2 is 1.78 bits per heavy atom. The van der Waals surface area contributed by atoms with Crippen molar-refractivity contribution < 1.29 is 14.7 Å². The summed E-state index contributed by atoms with van der Waals surface area (Å²) < 4.78 is 0. The molecule has 3 rings (SSSR count). The molecule has 2 amide bonds. The lowest BCUT2D eigenvalue weighted by atomic mass is 9.95. The van der Waals surface area contributed by atoms with Gasteiger partial charge >= 0.3 is 0 Å². The number of aromatic hydroxyl groups is 1. The molecule has 0 spiro atoms. The van der Waals surface area contributed by atoms with Gasteiger partial charge in [-0.15, -0.1) is 0 Å². The molecular formula is C18H16N2O3. The van der Waals surface area contributed by atoms with Crippen LogP contribution in [0.25, 0.3) is 0 Å². The molecule has 116 valence electrons. The van der Waals surface area contributed by atoms with Gasteiger partial charge in [-0.2, -0.15) is 10.1 Å². The molecule has 1 aliphatic heterocycles. The Morgan fingerprint density at radius 1 is 1.13 bits per heavy atom. The molecule has 1 unspecified atom stereocenters. The van der Waals surface area contributed by atoms with Gasteiger partial charge in [-0.25, -0.2) is 0 Å². The number of carbonyl (C=O) groups is 2. The monoisotopic (exact) mass is 308 g/mol. The summed E-state index contributed by atoms with van der Waals surface area (Å²) in [5.74, 6) is -1.58. The molecule has 5 nitrogen and oxygen atoms in total. The Hall–Kier alpha value is -2.95. The van der Waals surface area contributed by atoms with Crippen LogP contribution in [-0.2, 0) is 11.2 Å². The Morgan fingerprint density at radius 3 is 2.48 bits per heavy atom. The second-order valence-electron chi connectivity index (χ2n) is 5.46. The van der Waals surface area contributed by atoms with E-state index in [0.717, 1.165) is 10.6 Å². The molecule has 1 aliphatic rings. The molecule has 5 heteroatoms. The number of rotatable bonds is 3. The van der Waals surface area contributed by atoms with Crippen LogP contribution >= 0.6 is 0 Å². The average Bonchev–Trinajstić information content (AvgIpc) is 2.84. The van der Waals surface area contributed by atoms with Crippen LogP contribution in [0.2, 0.25) is 0 Å². The number of para-hydroxylation sites is 1. The van der Waals surface area contributed by atoms with Crippen molar-refractivity contribution in [3.8, 4) is 5.75 Å². The maximum Gasteiger partial charge on any atom is 0.284 e. The van der Waals surface area contributed by atoms with E-state index in [0.29, 0.717) is 12.1 Å². The first-order valence-corrected chi connectivity index (χ1v) is 7.33. The maximum absolute atomic E-state index is 12.6. The molecule has 0 bridgehead atoms. The molecule has 23 heavy (non-hydrogen) atoms. The molecular weight excluding hydrogens is 292 g/mol. The van der Waals surface area contributed by atoms with E-state index >= 15 is 0 Å². The molecule has 0 saturated heterocycles. The van der Waals surface area contributed by atoms with Crippen molar-refractivity contribution in [1.82, 2.24) is 5.01 Å². The van der Waals surface area contributed by atoms with Crippen LogP contribution in [0.1, 0.15) is 22.8 Å². The third kappa shape index (κ3) is 2.85. The molecule has 0 aromatic heterocycles. The molecule has 1 heterocycles. The predicted molar refractivity (Wildman–Crippen MR) is 86.0 cm³/mol. The molecule has 0 radical (unpaired) electrons. The number of benzene rings is 2. The first kappa shape index (κ1) is 15.0. The van der Waals surface area contributed by atoms with Crippen LogP contribution in [-0.4, -0.2) is 27.6 Å². The minimum Gasteiger partial charge on any atom is -0.507 e. The highest BCUT2D eigenvalue weighted by Crippen LogP contribution is 2.25. The SMILES string of the molecule is CC1=NN(C(=O)c2ccccc2O)C(=O)C1Cc1ccccc1. The molecule has 0 saturated carbocycles. The van der Waals surface area contributed by atoms with Crippen LogP contribution < -0.4 is 0 Å². The zero-order valence-corrected chi connectivity index (χ0v) is 12.6. The first-order chi connectivity index (χ1) is 11.1. The van der Waals surface area contributed by atoms with Crippen LogP contribution in [0, 0.1) is 5.92 Å². The zero-order valence-electron chi connectivity index (χ0n) is 12.6. The van der Waals surface area contributed by atoms with E-state index in [9.17, 15) is 14.7 Å². The molecule has 2 aromatic carbocycles. The lowest BCUT2D eigenvalue weighted by Gasteiger charge is -2.13. The lowest BCUT2D eigenvalue weighted by Crippen LogP contribution is -2.33. The summed E-state index contributed by atoms with van der Waals surface area (Å²) in [6, 6.07) is 15.7. The summed E-state index contributed by atoms with van der Waals surface area (Å²) in [4.78, 5) is 25.0. The number of hydrogen-bond acceptors (Lipinski definition) is 4. The number of phenolic OH excluding ortho intramolecular Hbond substituents is 1. The number of phenols is 1. The van der Waals surface area contributed by atoms with Gasteiger partial charge in [0.05, 0.1) is 11.5 Å². The van der Waals surface area contributed by atoms with Gasteiger partial charge in [0.15, 0.2) is 0 Å². The van der Waals surface area contributed by atoms with Gasteiger partial charge in [0.1, 0.15) is 5.75 Å². The van der Waals surface area contributed by atoms with E-state index in [1.165, 1.54) is 12.1 Å². The fraction of sp³-hybridized carbons (Fsp3) is 0.167. The second kappa shape index (κ2) is 6.04. The van der Waals surface area contributed by atoms with E-state index in [1.54, 1.807) is 19.1 Å². The minimum absolute atomic E-state index is 0.0674. The van der Waals surface area contributed by atoms with E-state index in [2.05, 4.69) is 5.10 Å². The second-order valence-corrected chi connectivity index (χ2v) is 5.46. The Kier molecular flexibility index (Phi) is 3.93. The average molecular weight is 308 g/mol. The Labute approximate surface area is 133 Å². The zero-order chi connectivity index (χ0) is 16.4. The van der Waals surface area contributed by atoms with E-state index in [4.69, 9.17) is 0 Å². The van der Waals surface area contributed by atoms with Crippen molar-refractivity contribution in [1.29, 1.82) is 0 Å². The quantitative estimate of drug-likeness (QED) is 0.886.